The van der Waals surface area contributed by atoms with Crippen molar-refractivity contribution in [2.24, 2.45) is 0 Å². The average molecular weight is 311 g/mol. The van der Waals surface area contributed by atoms with Gasteiger partial charge in [-0.15, -0.1) is 0 Å². The summed E-state index contributed by atoms with van der Waals surface area (Å²) in [4.78, 5) is 16.2. The smallest absolute Gasteiger partial charge is 0.170 e. The Kier molecular flexibility index (Phi) is 3.92. The second kappa shape index (κ2) is 5.43. The highest BCUT2D eigenvalue weighted by molar-refractivity contribution is 9.10. The van der Waals surface area contributed by atoms with E-state index in [0.717, 1.165) is 10.2 Å². The molecule has 0 saturated carbocycles. The molecule has 1 aromatic heterocycles. The summed E-state index contributed by atoms with van der Waals surface area (Å²) in [6, 6.07) is 10.7. The molecule has 0 aliphatic carbocycles. The zero-order valence-corrected chi connectivity index (χ0v) is 11.2. The molecule has 2 nitrogen and oxygen atoms in total. The van der Waals surface area contributed by atoms with Crippen LogP contribution in [0.5, 0.6) is 0 Å². The summed E-state index contributed by atoms with van der Waals surface area (Å²) in [5.74, 6) is -0.0324. The Morgan fingerprint density at radius 1 is 1.29 bits per heavy atom. The average Bonchev–Trinajstić information content (AvgIpc) is 2.33. The summed E-state index contributed by atoms with van der Waals surface area (Å²) in [5, 5.41) is 0.467. The monoisotopic (exact) mass is 309 g/mol. The first kappa shape index (κ1) is 12.3. The molecule has 0 unspecified atom stereocenters. The first-order chi connectivity index (χ1) is 8.16. The fraction of sp³-hybridized carbons (Fsp3) is 0.0769. The first-order valence-electron chi connectivity index (χ1n) is 5.05. The van der Waals surface area contributed by atoms with Crippen molar-refractivity contribution in [3.05, 3.63) is 63.3 Å². The number of aromatic nitrogens is 1. The van der Waals surface area contributed by atoms with Gasteiger partial charge in [0.1, 0.15) is 0 Å². The van der Waals surface area contributed by atoms with Crippen LogP contribution in [0, 0.1) is 0 Å². The van der Waals surface area contributed by atoms with Crippen LogP contribution in [0.4, 0.5) is 0 Å². The zero-order valence-electron chi connectivity index (χ0n) is 8.86. The number of hydrogen-bond acceptors (Lipinski definition) is 2. The van der Waals surface area contributed by atoms with E-state index >= 15 is 0 Å². The maximum absolute atomic E-state index is 12.0. The molecule has 2 rings (SSSR count). The lowest BCUT2D eigenvalue weighted by Crippen LogP contribution is -2.05. The predicted molar refractivity (Wildman–Crippen MR) is 71.4 cm³/mol. The van der Waals surface area contributed by atoms with Crippen LogP contribution >= 0.6 is 27.5 Å². The number of pyridine rings is 1. The van der Waals surface area contributed by atoms with E-state index < -0.39 is 0 Å². The SMILES string of the molecule is O=C(Cc1ccccn1)c1cc(Br)ccc1Cl. The van der Waals surface area contributed by atoms with Gasteiger partial charge < -0.3 is 0 Å². The quantitative estimate of drug-likeness (QED) is 0.804. The standard InChI is InChI=1S/C13H9BrClNO/c14-9-4-5-12(15)11(7-9)13(17)8-10-3-1-2-6-16-10/h1-7H,8H2. The molecule has 0 radical (unpaired) electrons. The number of hydrogen-bond donors (Lipinski definition) is 0. The van der Waals surface area contributed by atoms with Gasteiger partial charge in [-0.2, -0.15) is 0 Å². The first-order valence-corrected chi connectivity index (χ1v) is 6.22. The fourth-order valence-electron chi connectivity index (χ4n) is 1.47. The topological polar surface area (TPSA) is 30.0 Å². The largest absolute Gasteiger partial charge is 0.294 e. The number of carbonyl (C=O) groups is 1. The van der Waals surface area contributed by atoms with Gasteiger partial charge in [-0.25, -0.2) is 0 Å². The molecule has 0 aliphatic heterocycles. The van der Waals surface area contributed by atoms with E-state index in [0.29, 0.717) is 10.6 Å². The van der Waals surface area contributed by atoms with E-state index in [4.69, 9.17) is 11.6 Å². The van der Waals surface area contributed by atoms with Crippen LogP contribution in [0.2, 0.25) is 5.02 Å². The molecule has 1 heterocycles. The van der Waals surface area contributed by atoms with Crippen LogP contribution in [0.15, 0.2) is 47.1 Å². The van der Waals surface area contributed by atoms with Gasteiger partial charge in [0.2, 0.25) is 0 Å². The zero-order chi connectivity index (χ0) is 12.3. The lowest BCUT2D eigenvalue weighted by Gasteiger charge is -2.04. The van der Waals surface area contributed by atoms with Crippen LogP contribution in [0.3, 0.4) is 0 Å². The summed E-state index contributed by atoms with van der Waals surface area (Å²) in [6.07, 6.45) is 1.93. The minimum Gasteiger partial charge on any atom is -0.294 e. The molecular weight excluding hydrogens is 302 g/mol. The van der Waals surface area contributed by atoms with Crippen LogP contribution in [-0.4, -0.2) is 10.8 Å². The molecule has 1 aromatic carbocycles. The van der Waals surface area contributed by atoms with E-state index in [-0.39, 0.29) is 12.2 Å². The van der Waals surface area contributed by atoms with Gasteiger partial charge in [0, 0.05) is 21.9 Å². The van der Waals surface area contributed by atoms with E-state index in [1.807, 2.05) is 18.2 Å². The van der Waals surface area contributed by atoms with Crippen molar-refractivity contribution in [1.29, 1.82) is 0 Å². The molecule has 0 bridgehead atoms. The number of carbonyl (C=O) groups excluding carboxylic acids is 1. The highest BCUT2D eigenvalue weighted by Gasteiger charge is 2.12. The van der Waals surface area contributed by atoms with E-state index in [1.54, 1.807) is 24.4 Å². The van der Waals surface area contributed by atoms with Gasteiger partial charge in [-0.05, 0) is 30.3 Å². The Morgan fingerprint density at radius 2 is 2.12 bits per heavy atom. The molecule has 17 heavy (non-hydrogen) atoms. The highest BCUT2D eigenvalue weighted by atomic mass is 79.9. The maximum atomic E-state index is 12.0. The van der Waals surface area contributed by atoms with Crippen molar-refractivity contribution in [3.8, 4) is 0 Å². The highest BCUT2D eigenvalue weighted by Crippen LogP contribution is 2.22. The van der Waals surface area contributed by atoms with Gasteiger partial charge in [0.25, 0.3) is 0 Å². The number of rotatable bonds is 3. The van der Waals surface area contributed by atoms with E-state index in [9.17, 15) is 4.79 Å². The molecule has 2 aromatic rings. The Bertz CT molecular complexity index is 542. The van der Waals surface area contributed by atoms with Crippen molar-refractivity contribution >= 4 is 33.3 Å². The third kappa shape index (κ3) is 3.14. The molecule has 4 heteroatoms. The second-order valence-electron chi connectivity index (χ2n) is 3.55. The predicted octanol–water partition coefficient (Wildman–Crippen LogP) is 3.92. The lowest BCUT2D eigenvalue weighted by atomic mass is 10.1. The van der Waals surface area contributed by atoms with Crippen LogP contribution in [0.25, 0.3) is 0 Å². The summed E-state index contributed by atoms with van der Waals surface area (Å²) in [7, 11) is 0. The summed E-state index contributed by atoms with van der Waals surface area (Å²) >= 11 is 9.32. The van der Waals surface area contributed by atoms with Crippen LogP contribution in [-0.2, 0) is 6.42 Å². The van der Waals surface area contributed by atoms with Crippen molar-refractivity contribution in [3.63, 3.8) is 0 Å². The van der Waals surface area contributed by atoms with Crippen molar-refractivity contribution in [2.75, 3.05) is 0 Å². The number of nitrogens with zero attached hydrogens (tertiary/aromatic N) is 1. The summed E-state index contributed by atoms with van der Waals surface area (Å²) < 4.78 is 0.839. The molecule has 0 spiro atoms. The minimum atomic E-state index is -0.0324. The summed E-state index contributed by atoms with van der Waals surface area (Å²) in [6.45, 7) is 0. The Balaban J connectivity index is 2.23. The summed E-state index contributed by atoms with van der Waals surface area (Å²) in [5.41, 5.74) is 1.26. The molecule has 0 atom stereocenters. The van der Waals surface area contributed by atoms with Crippen molar-refractivity contribution in [2.45, 2.75) is 6.42 Å². The third-order valence-corrected chi connectivity index (χ3v) is 3.12. The molecule has 0 amide bonds. The number of ketones is 1. The molecule has 0 aliphatic rings. The third-order valence-electron chi connectivity index (χ3n) is 2.30. The fourth-order valence-corrected chi connectivity index (χ4v) is 2.06. The van der Waals surface area contributed by atoms with Gasteiger partial charge in [0.15, 0.2) is 5.78 Å². The van der Waals surface area contributed by atoms with E-state index in [2.05, 4.69) is 20.9 Å². The second-order valence-corrected chi connectivity index (χ2v) is 4.87. The number of benzene rings is 1. The van der Waals surface area contributed by atoms with Crippen molar-refractivity contribution in [1.82, 2.24) is 4.98 Å². The van der Waals surface area contributed by atoms with Crippen LogP contribution in [0.1, 0.15) is 16.1 Å². The van der Waals surface area contributed by atoms with Gasteiger partial charge in [-0.3, -0.25) is 9.78 Å². The molecule has 0 saturated heterocycles. The molecule has 0 N–H and O–H groups in total. The van der Waals surface area contributed by atoms with E-state index in [1.165, 1.54) is 0 Å². The van der Waals surface area contributed by atoms with Gasteiger partial charge >= 0.3 is 0 Å². The van der Waals surface area contributed by atoms with Gasteiger partial charge in [-0.1, -0.05) is 33.6 Å². The van der Waals surface area contributed by atoms with Gasteiger partial charge in [0.05, 0.1) is 11.4 Å². The molecule has 0 fully saturated rings. The Morgan fingerprint density at radius 3 is 2.82 bits per heavy atom. The Labute approximate surface area is 113 Å². The normalized spacial score (nSPS) is 10.2. The minimum absolute atomic E-state index is 0.0324. The molecular formula is C13H9BrClNO. The number of halogens is 2. The van der Waals surface area contributed by atoms with Crippen LogP contribution < -0.4 is 0 Å². The maximum Gasteiger partial charge on any atom is 0.170 e. The Hall–Kier alpha value is -1.19. The number of Topliss-reactive ketones (excluding diaryl/α,β-unsaturated/α-hetero) is 1. The lowest BCUT2D eigenvalue weighted by molar-refractivity contribution is 0.0992. The van der Waals surface area contributed by atoms with Crippen molar-refractivity contribution < 1.29 is 4.79 Å². The molecule has 86 valence electrons.